The Kier molecular flexibility index (Phi) is 4.47. The van der Waals surface area contributed by atoms with Crippen LogP contribution in [0.15, 0.2) is 48.5 Å². The Morgan fingerprint density at radius 3 is 2.33 bits per heavy atom. The second kappa shape index (κ2) is 6.13. The third-order valence-electron chi connectivity index (χ3n) is 2.96. The average Bonchev–Trinajstić information content (AvgIpc) is 2.45. The molecule has 2 nitrogen and oxygen atoms in total. The second-order valence-corrected chi connectivity index (χ2v) is 4.50. The molecule has 0 aliphatic carbocycles. The normalized spacial score (nSPS) is 13.0. The maximum absolute atomic E-state index is 13.1. The zero-order chi connectivity index (χ0) is 15.5. The van der Waals surface area contributed by atoms with Crippen molar-refractivity contribution in [2.45, 2.75) is 12.3 Å². The molecule has 0 fully saturated rings. The third kappa shape index (κ3) is 3.95. The Hall–Kier alpha value is -2.08. The van der Waals surface area contributed by atoms with Gasteiger partial charge in [0.2, 0.25) is 0 Å². The predicted octanol–water partition coefficient (Wildman–Crippen LogP) is 3.99. The van der Waals surface area contributed by atoms with Crippen LogP contribution in [0.25, 0.3) is 0 Å². The summed E-state index contributed by atoms with van der Waals surface area (Å²) in [5.41, 5.74) is -0.594. The van der Waals surface area contributed by atoms with Crippen LogP contribution in [-0.4, -0.2) is 11.7 Å². The van der Waals surface area contributed by atoms with E-state index in [1.54, 1.807) is 30.3 Å². The number of hydrogen-bond acceptors (Lipinski definition) is 2. The van der Waals surface area contributed by atoms with Crippen molar-refractivity contribution < 1.29 is 22.7 Å². The molecular formula is C15H13F4NO. The molecule has 0 aliphatic rings. The monoisotopic (exact) mass is 299 g/mol. The topological polar surface area (TPSA) is 32.3 Å². The highest BCUT2D eigenvalue weighted by molar-refractivity contribution is 5.47. The van der Waals surface area contributed by atoms with Gasteiger partial charge in [0, 0.05) is 12.2 Å². The first-order valence-electron chi connectivity index (χ1n) is 6.21. The third-order valence-corrected chi connectivity index (χ3v) is 2.96. The van der Waals surface area contributed by atoms with Crippen molar-refractivity contribution in [3.8, 4) is 0 Å². The van der Waals surface area contributed by atoms with Gasteiger partial charge in [0.25, 0.3) is 0 Å². The van der Waals surface area contributed by atoms with E-state index in [4.69, 9.17) is 0 Å². The molecular weight excluding hydrogens is 286 g/mol. The Labute approximate surface area is 119 Å². The smallest absolute Gasteiger partial charge is 0.387 e. The maximum atomic E-state index is 13.1. The summed E-state index contributed by atoms with van der Waals surface area (Å²) in [5, 5.41) is 12.6. The van der Waals surface area contributed by atoms with Crippen molar-refractivity contribution in [3.05, 3.63) is 65.5 Å². The first-order valence-corrected chi connectivity index (χ1v) is 6.21. The number of benzene rings is 2. The van der Waals surface area contributed by atoms with Gasteiger partial charge in [-0.3, -0.25) is 0 Å². The number of nitrogens with one attached hydrogen (secondary N) is 1. The maximum Gasteiger partial charge on any atom is 0.419 e. The molecule has 2 rings (SSSR count). The molecule has 1 unspecified atom stereocenters. The van der Waals surface area contributed by atoms with Crippen molar-refractivity contribution in [2.24, 2.45) is 0 Å². The van der Waals surface area contributed by atoms with E-state index in [2.05, 4.69) is 5.32 Å². The number of anilines is 1. The number of halogens is 4. The highest BCUT2D eigenvalue weighted by atomic mass is 19.4. The van der Waals surface area contributed by atoms with Crippen LogP contribution in [0.3, 0.4) is 0 Å². The molecule has 2 aromatic carbocycles. The molecule has 0 heterocycles. The van der Waals surface area contributed by atoms with Crippen LogP contribution >= 0.6 is 0 Å². The highest BCUT2D eigenvalue weighted by Gasteiger charge is 2.34. The highest BCUT2D eigenvalue weighted by Crippen LogP contribution is 2.33. The van der Waals surface area contributed by atoms with Gasteiger partial charge in [-0.05, 0) is 23.8 Å². The number of aliphatic hydroxyl groups excluding tert-OH is 1. The lowest BCUT2D eigenvalue weighted by molar-refractivity contribution is -0.139. The van der Waals surface area contributed by atoms with Gasteiger partial charge in [-0.15, -0.1) is 0 Å². The van der Waals surface area contributed by atoms with Crippen LogP contribution < -0.4 is 5.32 Å². The van der Waals surface area contributed by atoms with E-state index in [0.29, 0.717) is 11.6 Å². The van der Waals surface area contributed by atoms with Gasteiger partial charge in [-0.25, -0.2) is 4.39 Å². The van der Waals surface area contributed by atoms with Crippen LogP contribution in [-0.2, 0) is 6.18 Å². The molecule has 0 amide bonds. The minimum absolute atomic E-state index is 0.0208. The van der Waals surface area contributed by atoms with E-state index in [9.17, 15) is 22.7 Å². The Morgan fingerprint density at radius 1 is 1.05 bits per heavy atom. The van der Waals surface area contributed by atoms with E-state index in [-0.39, 0.29) is 12.2 Å². The zero-order valence-corrected chi connectivity index (χ0v) is 10.9. The summed E-state index contributed by atoms with van der Waals surface area (Å²) in [6.07, 6.45) is -5.62. The first kappa shape index (κ1) is 15.3. The van der Waals surface area contributed by atoms with Crippen molar-refractivity contribution in [2.75, 3.05) is 11.9 Å². The lowest BCUT2D eigenvalue weighted by atomic mass is 10.1. The Balaban J connectivity index is 2.07. The summed E-state index contributed by atoms with van der Waals surface area (Å²) in [6, 6.07) is 11.3. The fourth-order valence-corrected chi connectivity index (χ4v) is 1.86. The fourth-order valence-electron chi connectivity index (χ4n) is 1.86. The van der Waals surface area contributed by atoms with Gasteiger partial charge >= 0.3 is 6.18 Å². The molecule has 0 radical (unpaired) electrons. The van der Waals surface area contributed by atoms with Gasteiger partial charge in [-0.2, -0.15) is 13.2 Å². The van der Waals surface area contributed by atoms with E-state index < -0.39 is 23.7 Å². The summed E-state index contributed by atoms with van der Waals surface area (Å²) in [7, 11) is 0. The fraction of sp³-hybridized carbons (Fsp3) is 0.200. The van der Waals surface area contributed by atoms with E-state index in [1.807, 2.05) is 0 Å². The summed E-state index contributed by atoms with van der Waals surface area (Å²) in [5.74, 6) is -1.32. The summed E-state index contributed by atoms with van der Waals surface area (Å²) >= 11 is 0. The Bertz CT molecular complexity index is 598. The molecule has 0 saturated heterocycles. The Morgan fingerprint density at radius 2 is 1.71 bits per heavy atom. The van der Waals surface area contributed by atoms with Crippen molar-refractivity contribution in [1.82, 2.24) is 0 Å². The molecule has 1 atom stereocenters. The van der Waals surface area contributed by atoms with Gasteiger partial charge in [0.1, 0.15) is 5.82 Å². The van der Waals surface area contributed by atoms with Gasteiger partial charge in [0.15, 0.2) is 0 Å². The van der Waals surface area contributed by atoms with Gasteiger partial charge in [0.05, 0.1) is 11.7 Å². The van der Waals surface area contributed by atoms with E-state index in [0.717, 1.165) is 6.07 Å². The number of alkyl halides is 3. The van der Waals surface area contributed by atoms with E-state index >= 15 is 0 Å². The molecule has 6 heteroatoms. The summed E-state index contributed by atoms with van der Waals surface area (Å²) in [4.78, 5) is 0. The predicted molar refractivity (Wildman–Crippen MR) is 71.3 cm³/mol. The largest absolute Gasteiger partial charge is 0.419 e. The summed E-state index contributed by atoms with van der Waals surface area (Å²) in [6.45, 7) is 0.0208. The number of aliphatic hydroxyl groups is 1. The van der Waals surface area contributed by atoms with E-state index in [1.165, 1.54) is 6.07 Å². The molecule has 112 valence electrons. The molecule has 2 aromatic rings. The van der Waals surface area contributed by atoms with Crippen LogP contribution in [0.1, 0.15) is 17.2 Å². The second-order valence-electron chi connectivity index (χ2n) is 4.50. The minimum Gasteiger partial charge on any atom is -0.387 e. The van der Waals surface area contributed by atoms with Crippen molar-refractivity contribution in [1.29, 1.82) is 0 Å². The molecule has 0 spiro atoms. The van der Waals surface area contributed by atoms with Gasteiger partial charge in [-0.1, -0.05) is 30.3 Å². The summed E-state index contributed by atoms with van der Waals surface area (Å²) < 4.78 is 50.9. The van der Waals surface area contributed by atoms with Crippen molar-refractivity contribution in [3.63, 3.8) is 0 Å². The number of rotatable bonds is 4. The standard InChI is InChI=1S/C15H13F4NO/c16-13-7-6-11(8-12(13)15(17,18)19)20-9-14(21)10-4-2-1-3-5-10/h1-8,14,20-21H,9H2. The molecule has 0 aliphatic heterocycles. The molecule has 2 N–H and O–H groups in total. The van der Waals surface area contributed by atoms with Crippen LogP contribution in [0.2, 0.25) is 0 Å². The van der Waals surface area contributed by atoms with Crippen molar-refractivity contribution >= 4 is 5.69 Å². The molecule has 0 saturated carbocycles. The minimum atomic E-state index is -4.75. The lowest BCUT2D eigenvalue weighted by Gasteiger charge is -2.15. The first-order chi connectivity index (χ1) is 9.88. The molecule has 0 aromatic heterocycles. The van der Waals surface area contributed by atoms with Crippen LogP contribution in [0.5, 0.6) is 0 Å². The quantitative estimate of drug-likeness (QED) is 0.837. The molecule has 21 heavy (non-hydrogen) atoms. The van der Waals surface area contributed by atoms with Gasteiger partial charge < -0.3 is 10.4 Å². The van der Waals surface area contributed by atoms with Crippen LogP contribution in [0, 0.1) is 5.82 Å². The zero-order valence-electron chi connectivity index (χ0n) is 10.9. The SMILES string of the molecule is OC(CNc1ccc(F)c(C(F)(F)F)c1)c1ccccc1. The lowest BCUT2D eigenvalue weighted by Crippen LogP contribution is -2.14. The molecule has 0 bridgehead atoms. The average molecular weight is 299 g/mol. The number of hydrogen-bond donors (Lipinski definition) is 2. The van der Waals surface area contributed by atoms with Crippen LogP contribution in [0.4, 0.5) is 23.2 Å².